The molecule has 5 nitrogen and oxygen atoms in total. The van der Waals surface area contributed by atoms with Crippen LogP contribution < -0.4 is 10.0 Å². The average Bonchev–Trinajstić information content (AvgIpc) is 2.61. The predicted molar refractivity (Wildman–Crippen MR) is 98.9 cm³/mol. The molecule has 0 saturated carbocycles. The number of amides is 1. The Kier molecular flexibility index (Phi) is 6.88. The Labute approximate surface area is 153 Å². The predicted octanol–water partition coefficient (Wildman–Crippen LogP) is 2.73. The minimum absolute atomic E-state index is 0.0615. The summed E-state index contributed by atoms with van der Waals surface area (Å²) in [5.41, 5.74) is 0.850. The van der Waals surface area contributed by atoms with Crippen LogP contribution in [-0.4, -0.2) is 27.4 Å². The van der Waals surface area contributed by atoms with Crippen LogP contribution in [0.4, 0.5) is 4.39 Å². The van der Waals surface area contributed by atoms with Crippen molar-refractivity contribution in [1.29, 1.82) is 0 Å². The summed E-state index contributed by atoms with van der Waals surface area (Å²) in [6, 6.07) is 12.0. The maximum Gasteiger partial charge on any atom is 0.251 e. The zero-order valence-electron chi connectivity index (χ0n) is 14.8. The van der Waals surface area contributed by atoms with Crippen LogP contribution in [0.1, 0.15) is 29.8 Å². The molecule has 0 atom stereocenters. The van der Waals surface area contributed by atoms with Crippen molar-refractivity contribution in [3.8, 4) is 0 Å². The van der Waals surface area contributed by atoms with Crippen molar-refractivity contribution in [2.45, 2.75) is 25.2 Å². The minimum Gasteiger partial charge on any atom is -0.352 e. The van der Waals surface area contributed by atoms with Crippen LogP contribution in [0.3, 0.4) is 0 Å². The van der Waals surface area contributed by atoms with E-state index in [0.29, 0.717) is 23.6 Å². The van der Waals surface area contributed by atoms with Crippen molar-refractivity contribution in [2.24, 2.45) is 5.92 Å². The molecule has 7 heteroatoms. The highest BCUT2D eigenvalue weighted by Crippen LogP contribution is 2.12. The molecule has 2 rings (SSSR count). The molecular weight excluding hydrogens is 355 g/mol. The van der Waals surface area contributed by atoms with Gasteiger partial charge in [-0.05, 0) is 48.2 Å². The molecule has 0 aliphatic carbocycles. The number of halogens is 1. The smallest absolute Gasteiger partial charge is 0.251 e. The standard InChI is InChI=1S/C19H23FN2O3S/c1-14(2)13-21-19(23)16-7-9-17(10-8-16)26(24,25)22-12-11-15-5-3-4-6-18(15)20/h3-10,14,22H,11-13H2,1-2H3,(H,21,23). The van der Waals surface area contributed by atoms with E-state index in [9.17, 15) is 17.6 Å². The van der Waals surface area contributed by atoms with Crippen molar-refractivity contribution in [3.05, 3.63) is 65.5 Å². The topological polar surface area (TPSA) is 75.3 Å². The largest absolute Gasteiger partial charge is 0.352 e. The SMILES string of the molecule is CC(C)CNC(=O)c1ccc(S(=O)(=O)NCCc2ccccc2F)cc1. The Hall–Kier alpha value is -2.25. The molecule has 0 radical (unpaired) electrons. The number of carbonyl (C=O) groups excluding carboxylic acids is 1. The van der Waals surface area contributed by atoms with E-state index in [0.717, 1.165) is 0 Å². The summed E-state index contributed by atoms with van der Waals surface area (Å²) in [6.07, 6.45) is 0.252. The van der Waals surface area contributed by atoms with Crippen molar-refractivity contribution >= 4 is 15.9 Å². The summed E-state index contributed by atoms with van der Waals surface area (Å²) in [7, 11) is -3.72. The molecule has 2 aromatic carbocycles. The van der Waals surface area contributed by atoms with Gasteiger partial charge >= 0.3 is 0 Å². The van der Waals surface area contributed by atoms with Crippen LogP contribution in [0.5, 0.6) is 0 Å². The fourth-order valence-electron chi connectivity index (χ4n) is 2.29. The van der Waals surface area contributed by atoms with E-state index in [4.69, 9.17) is 0 Å². The van der Waals surface area contributed by atoms with Gasteiger partial charge in [-0.25, -0.2) is 17.5 Å². The van der Waals surface area contributed by atoms with Crippen LogP contribution in [-0.2, 0) is 16.4 Å². The van der Waals surface area contributed by atoms with Crippen LogP contribution >= 0.6 is 0 Å². The third-order valence-electron chi connectivity index (χ3n) is 3.74. The van der Waals surface area contributed by atoms with Gasteiger partial charge in [-0.15, -0.1) is 0 Å². The summed E-state index contributed by atoms with van der Waals surface area (Å²) in [6.45, 7) is 4.61. The lowest BCUT2D eigenvalue weighted by Crippen LogP contribution is -2.28. The van der Waals surface area contributed by atoms with Gasteiger partial charge in [0.1, 0.15) is 5.82 Å². The van der Waals surface area contributed by atoms with Crippen molar-refractivity contribution in [2.75, 3.05) is 13.1 Å². The Morgan fingerprint density at radius 1 is 1.08 bits per heavy atom. The molecule has 0 aromatic heterocycles. The molecule has 0 saturated heterocycles. The van der Waals surface area contributed by atoms with Gasteiger partial charge in [-0.3, -0.25) is 4.79 Å². The second-order valence-electron chi connectivity index (χ2n) is 6.37. The number of benzene rings is 2. The highest BCUT2D eigenvalue weighted by atomic mass is 32.2. The first kappa shape index (κ1) is 20.1. The maximum absolute atomic E-state index is 13.6. The molecular formula is C19H23FN2O3S. The summed E-state index contributed by atoms with van der Waals surface area (Å²) in [5, 5.41) is 2.77. The van der Waals surface area contributed by atoms with E-state index in [1.165, 1.54) is 30.3 Å². The Balaban J connectivity index is 1.96. The second-order valence-corrected chi connectivity index (χ2v) is 8.13. The summed E-state index contributed by atoms with van der Waals surface area (Å²) < 4.78 is 40.6. The van der Waals surface area contributed by atoms with Crippen LogP contribution in [0.15, 0.2) is 53.4 Å². The van der Waals surface area contributed by atoms with Gasteiger partial charge in [0, 0.05) is 18.7 Å². The molecule has 26 heavy (non-hydrogen) atoms. The van der Waals surface area contributed by atoms with Crippen LogP contribution in [0.2, 0.25) is 0 Å². The lowest BCUT2D eigenvalue weighted by molar-refractivity contribution is 0.0949. The second kappa shape index (κ2) is 8.91. The fourth-order valence-corrected chi connectivity index (χ4v) is 3.32. The van der Waals surface area contributed by atoms with Crippen molar-refractivity contribution in [3.63, 3.8) is 0 Å². The molecule has 0 fully saturated rings. The first-order chi connectivity index (χ1) is 12.3. The van der Waals surface area contributed by atoms with Gasteiger partial charge < -0.3 is 5.32 Å². The normalized spacial score (nSPS) is 11.5. The molecule has 140 valence electrons. The van der Waals surface area contributed by atoms with Crippen molar-refractivity contribution in [1.82, 2.24) is 10.0 Å². The summed E-state index contributed by atoms with van der Waals surface area (Å²) in [4.78, 5) is 12.0. The van der Waals surface area contributed by atoms with E-state index in [-0.39, 0.29) is 29.6 Å². The van der Waals surface area contributed by atoms with Gasteiger partial charge in [-0.1, -0.05) is 32.0 Å². The van der Waals surface area contributed by atoms with Crippen LogP contribution in [0.25, 0.3) is 0 Å². The lowest BCUT2D eigenvalue weighted by atomic mass is 10.1. The lowest BCUT2D eigenvalue weighted by Gasteiger charge is -2.09. The molecule has 2 aromatic rings. The Morgan fingerprint density at radius 3 is 2.35 bits per heavy atom. The van der Waals surface area contributed by atoms with E-state index in [1.54, 1.807) is 18.2 Å². The number of hydrogen-bond donors (Lipinski definition) is 2. The number of carbonyl (C=O) groups is 1. The van der Waals surface area contributed by atoms with Crippen molar-refractivity contribution < 1.29 is 17.6 Å². The molecule has 1 amide bonds. The highest BCUT2D eigenvalue weighted by molar-refractivity contribution is 7.89. The number of nitrogens with one attached hydrogen (secondary N) is 2. The highest BCUT2D eigenvalue weighted by Gasteiger charge is 2.15. The van der Waals surface area contributed by atoms with E-state index in [1.807, 2.05) is 13.8 Å². The number of hydrogen-bond acceptors (Lipinski definition) is 3. The van der Waals surface area contributed by atoms with Gasteiger partial charge in [0.2, 0.25) is 10.0 Å². The molecule has 0 bridgehead atoms. The Bertz CT molecular complexity index is 849. The quantitative estimate of drug-likeness (QED) is 0.742. The Morgan fingerprint density at radius 2 is 1.73 bits per heavy atom. The third-order valence-corrected chi connectivity index (χ3v) is 5.22. The number of sulfonamides is 1. The summed E-state index contributed by atoms with van der Waals surface area (Å²) in [5.74, 6) is -0.268. The third kappa shape index (κ3) is 5.64. The molecule has 0 aliphatic heterocycles. The van der Waals surface area contributed by atoms with Gasteiger partial charge in [0.25, 0.3) is 5.91 Å². The van der Waals surface area contributed by atoms with Gasteiger partial charge in [0.15, 0.2) is 0 Å². The molecule has 0 spiro atoms. The number of rotatable bonds is 8. The first-order valence-corrected chi connectivity index (χ1v) is 9.89. The van der Waals surface area contributed by atoms with Gasteiger partial charge in [0.05, 0.1) is 4.90 Å². The average molecular weight is 378 g/mol. The molecule has 0 heterocycles. The van der Waals surface area contributed by atoms with E-state index in [2.05, 4.69) is 10.0 Å². The van der Waals surface area contributed by atoms with Crippen LogP contribution in [0, 0.1) is 11.7 Å². The zero-order valence-corrected chi connectivity index (χ0v) is 15.6. The van der Waals surface area contributed by atoms with Gasteiger partial charge in [-0.2, -0.15) is 0 Å². The minimum atomic E-state index is -3.72. The first-order valence-electron chi connectivity index (χ1n) is 8.41. The maximum atomic E-state index is 13.6. The fraction of sp³-hybridized carbons (Fsp3) is 0.316. The zero-order chi connectivity index (χ0) is 19.2. The monoisotopic (exact) mass is 378 g/mol. The van der Waals surface area contributed by atoms with E-state index < -0.39 is 10.0 Å². The molecule has 0 aliphatic rings. The molecule has 0 unspecified atom stereocenters. The summed E-state index contributed by atoms with van der Waals surface area (Å²) >= 11 is 0. The van der Waals surface area contributed by atoms with E-state index >= 15 is 0 Å². The molecule has 2 N–H and O–H groups in total.